The number of thioether (sulfide) groups is 2. The molecule has 17 nitrogen and oxygen atoms in total. The van der Waals surface area contributed by atoms with E-state index in [9.17, 15) is 8.42 Å². The Morgan fingerprint density at radius 2 is 0.643 bits per heavy atom. The minimum atomic E-state index is -3.62. The van der Waals surface area contributed by atoms with Crippen molar-refractivity contribution in [3.8, 4) is 0 Å². The van der Waals surface area contributed by atoms with Crippen molar-refractivity contribution in [3.63, 3.8) is 0 Å². The van der Waals surface area contributed by atoms with E-state index in [1.54, 1.807) is 24.3 Å². The van der Waals surface area contributed by atoms with Gasteiger partial charge in [0.25, 0.3) is 10.1 Å². The maximum absolute atomic E-state index is 12.0. The molecule has 0 bridgehead atoms. The van der Waals surface area contributed by atoms with Gasteiger partial charge in [-0.15, -0.1) is 0 Å². The van der Waals surface area contributed by atoms with E-state index in [2.05, 4.69) is 79.6 Å². The van der Waals surface area contributed by atoms with Crippen LogP contribution in [0.5, 0.6) is 0 Å². The van der Waals surface area contributed by atoms with Crippen LogP contribution in [0.2, 0.25) is 0 Å². The number of nitrogens with zero attached hydrogens (tertiary/aromatic N) is 12. The van der Waals surface area contributed by atoms with E-state index in [1.165, 1.54) is 235 Å². The Hall–Kier alpha value is -2.53. The van der Waals surface area contributed by atoms with Gasteiger partial charge in [0, 0.05) is 69.5 Å². The molecule has 0 aliphatic rings. The molecule has 1 aromatic carbocycles. The van der Waals surface area contributed by atoms with Gasteiger partial charge in [0.05, 0.1) is 11.5 Å². The first-order chi connectivity index (χ1) is 41.3. The molecule has 2 N–H and O–H groups in total. The first kappa shape index (κ1) is 85.7. The van der Waals surface area contributed by atoms with Crippen LogP contribution in [0.25, 0.3) is 41.8 Å². The van der Waals surface area contributed by atoms with E-state index in [4.69, 9.17) is 36.5 Å². The second kappa shape index (κ2) is 78.5. The zero-order valence-corrected chi connectivity index (χ0v) is 57.0. The number of halogens is 1. The summed E-state index contributed by atoms with van der Waals surface area (Å²) in [5, 5.41) is 33.7. The predicted octanol–water partition coefficient (Wildman–Crippen LogP) is 23.3. The maximum Gasteiger partial charge on any atom is 0.296 e. The van der Waals surface area contributed by atoms with Crippen LogP contribution in [0.4, 0.5) is 0 Å². The predicted molar refractivity (Wildman–Crippen MR) is 366 cm³/mol. The van der Waals surface area contributed by atoms with Crippen molar-refractivity contribution in [1.29, 1.82) is 0 Å². The van der Waals surface area contributed by atoms with Crippen molar-refractivity contribution in [2.75, 3.05) is 67.9 Å². The van der Waals surface area contributed by atoms with Crippen LogP contribution >= 0.6 is 39.5 Å². The average Bonchev–Trinajstić information content (AvgIpc) is 3.64. The Balaban J connectivity index is -0.00000110. The standard InChI is InChI=1S/C23H46N6S2.C18H29N3O3S.C11H23BrO.C11H23N3O/c24-28-26-19-15-11-7-3-1-5-9-13-17-21-30-23-31-22-18-14-10-6-2-4-8-12-16-20-27-29-25;1-17-11-13-18(14-12-17)25(22,23)24-16-10-8-6-4-2-3-5-7-9-15-20-21-19;12-10-8-6-4-2-1-3-5-7-9-11-13;12-14-13-10-8-6-4-2-1-3-5-7-9-11-15/h1-23H2;11-14H,2-10,15-16H2,1H3;13H,1-11H2;15H,1-11H2. The normalized spacial score (nSPS) is 10.7. The zero-order valence-electron chi connectivity index (χ0n) is 53.0. The summed E-state index contributed by atoms with van der Waals surface area (Å²) < 4.78 is 29.1. The van der Waals surface area contributed by atoms with Crippen LogP contribution in [0, 0.1) is 6.92 Å². The number of unbranched alkanes of at least 4 members (excludes halogenated alkanes) is 40. The van der Waals surface area contributed by atoms with Gasteiger partial charge < -0.3 is 10.2 Å². The number of azide groups is 4. The highest BCUT2D eigenvalue weighted by molar-refractivity contribution is 9.09. The first-order valence-electron chi connectivity index (χ1n) is 33.2. The van der Waals surface area contributed by atoms with Crippen LogP contribution in [0.3, 0.4) is 0 Å². The van der Waals surface area contributed by atoms with E-state index in [-0.39, 0.29) is 11.5 Å². The largest absolute Gasteiger partial charge is 0.396 e. The van der Waals surface area contributed by atoms with E-state index in [0.29, 0.717) is 39.4 Å². The Morgan fingerprint density at radius 1 is 0.393 bits per heavy atom. The minimum Gasteiger partial charge on any atom is -0.396 e. The van der Waals surface area contributed by atoms with Gasteiger partial charge in [-0.2, -0.15) is 31.9 Å². The van der Waals surface area contributed by atoms with Gasteiger partial charge in [0.2, 0.25) is 0 Å². The first-order valence-corrected chi connectivity index (χ1v) is 38.1. The molecule has 0 saturated carbocycles. The molecule has 0 aliphatic heterocycles. The lowest BCUT2D eigenvalue weighted by Gasteiger charge is -2.06. The molecule has 0 unspecified atom stereocenters. The molecule has 84 heavy (non-hydrogen) atoms. The third-order valence-electron chi connectivity index (χ3n) is 14.2. The lowest BCUT2D eigenvalue weighted by atomic mass is 10.1. The fraction of sp³-hybridized carbons (Fsp3) is 0.905. The molecule has 488 valence electrons. The summed E-state index contributed by atoms with van der Waals surface area (Å²) in [6.45, 7) is 5.43. The zero-order chi connectivity index (χ0) is 61.9. The van der Waals surface area contributed by atoms with E-state index in [1.807, 2.05) is 6.92 Å². The highest BCUT2D eigenvalue weighted by atomic mass is 79.9. The molecule has 0 aliphatic carbocycles. The third-order valence-corrected chi connectivity index (χ3v) is 18.5. The lowest BCUT2D eigenvalue weighted by molar-refractivity contribution is 0.282. The van der Waals surface area contributed by atoms with Crippen molar-refractivity contribution >= 4 is 49.6 Å². The third kappa shape index (κ3) is 77.5. The summed E-state index contributed by atoms with van der Waals surface area (Å²) in [5.74, 6) is 2.66. The van der Waals surface area contributed by atoms with Gasteiger partial charge in [-0.3, -0.25) is 4.18 Å². The highest BCUT2D eigenvalue weighted by Crippen LogP contribution is 2.20. The number of rotatable bonds is 61. The van der Waals surface area contributed by atoms with Crippen molar-refractivity contribution in [2.24, 2.45) is 20.5 Å². The van der Waals surface area contributed by atoms with Gasteiger partial charge in [0.15, 0.2) is 0 Å². The fourth-order valence-corrected chi connectivity index (χ4v) is 12.6. The van der Waals surface area contributed by atoms with Crippen LogP contribution in [0.1, 0.15) is 295 Å². The van der Waals surface area contributed by atoms with Gasteiger partial charge in [-0.05, 0) is 117 Å². The monoisotopic (exact) mass is 1300 g/mol. The molecule has 0 heterocycles. The minimum absolute atomic E-state index is 0.221. The van der Waals surface area contributed by atoms with Crippen molar-refractivity contribution < 1.29 is 22.8 Å². The Labute approximate surface area is 529 Å². The number of hydrogen-bond acceptors (Lipinski definition) is 11. The van der Waals surface area contributed by atoms with Gasteiger partial charge >= 0.3 is 0 Å². The average molecular weight is 1300 g/mol. The van der Waals surface area contributed by atoms with E-state index in [0.717, 1.165) is 81.5 Å². The molecule has 0 fully saturated rings. The summed E-state index contributed by atoms with van der Waals surface area (Å²) in [4.78, 5) is 11.2. The molecular formula is C63H121BrN12O5S3. The summed E-state index contributed by atoms with van der Waals surface area (Å²) in [6.07, 6.45) is 55.6. The van der Waals surface area contributed by atoms with Gasteiger partial charge in [0.1, 0.15) is 0 Å². The SMILES string of the molecule is Cc1ccc(S(=O)(=O)OCCCCCCCCCCCN=[N+]=[N-])cc1.OCCCCCCCCCCCBr.[N-]=[N+]=NCCCCCCCCCCCO.[N-]=[N+]=NCCCCCCCCCCCSCSCCCCCCCCCCCN=[N+]=[N-]. The molecule has 0 radical (unpaired) electrons. The van der Waals surface area contributed by atoms with Crippen LogP contribution < -0.4 is 0 Å². The van der Waals surface area contributed by atoms with Crippen molar-refractivity contribution in [2.45, 2.75) is 301 Å². The van der Waals surface area contributed by atoms with Crippen molar-refractivity contribution in [1.82, 2.24) is 0 Å². The maximum atomic E-state index is 12.0. The van der Waals surface area contributed by atoms with Crippen LogP contribution in [0.15, 0.2) is 49.6 Å². The topological polar surface area (TPSA) is 279 Å². The van der Waals surface area contributed by atoms with Gasteiger partial charge in [-0.25, -0.2) is 0 Å². The second-order valence-electron chi connectivity index (χ2n) is 21.9. The molecular weight excluding hydrogens is 1180 g/mol. The van der Waals surface area contributed by atoms with Gasteiger partial charge in [-0.1, -0.05) is 279 Å². The molecule has 21 heteroatoms. The highest BCUT2D eigenvalue weighted by Gasteiger charge is 2.14. The molecule has 1 rings (SSSR count). The summed E-state index contributed by atoms with van der Waals surface area (Å²) in [5.41, 5.74) is 33.6. The Bertz CT molecular complexity index is 1740. The van der Waals surface area contributed by atoms with Crippen LogP contribution in [-0.2, 0) is 14.3 Å². The van der Waals surface area contributed by atoms with Crippen LogP contribution in [-0.4, -0.2) is 86.6 Å². The van der Waals surface area contributed by atoms with Crippen molar-refractivity contribution in [3.05, 3.63) is 71.6 Å². The number of aryl methyl sites for hydroxylation is 1. The summed E-state index contributed by atoms with van der Waals surface area (Å²) >= 11 is 7.68. The fourth-order valence-electron chi connectivity index (χ4n) is 9.04. The van der Waals surface area contributed by atoms with E-state index >= 15 is 0 Å². The Morgan fingerprint density at radius 3 is 0.917 bits per heavy atom. The number of aliphatic hydroxyl groups excluding tert-OH is 2. The summed E-state index contributed by atoms with van der Waals surface area (Å²) in [7, 11) is -3.62. The molecule has 0 spiro atoms. The molecule has 1 aromatic rings. The quantitative estimate of drug-likeness (QED) is 0.0121. The van der Waals surface area contributed by atoms with E-state index < -0.39 is 10.1 Å². The number of aliphatic hydroxyl groups is 2. The molecule has 0 atom stereocenters. The number of hydrogen-bond donors (Lipinski definition) is 2. The molecule has 0 saturated heterocycles. The second-order valence-corrected chi connectivity index (χ2v) is 26.9. The molecule has 0 aromatic heterocycles. The smallest absolute Gasteiger partial charge is 0.296 e. The number of benzene rings is 1. The number of alkyl halides is 1. The Kier molecular flexibility index (Phi) is 80.0. The lowest BCUT2D eigenvalue weighted by Crippen LogP contribution is -2.07. The molecule has 0 amide bonds. The summed E-state index contributed by atoms with van der Waals surface area (Å²) in [6, 6.07) is 6.70.